The van der Waals surface area contributed by atoms with Crippen LogP contribution >= 0.6 is 22.6 Å². The van der Waals surface area contributed by atoms with E-state index in [1.54, 1.807) is 0 Å². The molecule has 1 rings (SSSR count). The number of nitrogens with zero attached hydrogens (tertiary/aromatic N) is 2. The third-order valence-corrected chi connectivity index (χ3v) is 3.21. The van der Waals surface area contributed by atoms with Crippen LogP contribution in [0.15, 0.2) is 0 Å². The molecule has 0 aliphatic rings. The molecule has 0 aliphatic carbocycles. The van der Waals surface area contributed by atoms with E-state index in [9.17, 15) is 4.79 Å². The maximum absolute atomic E-state index is 11.0. The first-order valence-corrected chi connectivity index (χ1v) is 5.07. The number of hydrogen-bond donors (Lipinski definition) is 1. The summed E-state index contributed by atoms with van der Waals surface area (Å²) < 4.78 is 6.86. The molecule has 0 bridgehead atoms. The Labute approximate surface area is 95.2 Å². The standard InChI is InChI=1S/C8H11IN2O3/c1-5-8(9)6(4-12)11(10-5)3-7(13)14-2/h12H,3-4H2,1-2H3. The predicted octanol–water partition coefficient (Wildman–Crippen LogP) is 0.461. The van der Waals surface area contributed by atoms with Gasteiger partial charge in [0.1, 0.15) is 6.54 Å². The van der Waals surface area contributed by atoms with E-state index in [0.717, 1.165) is 9.26 Å². The molecule has 0 radical (unpaired) electrons. The summed E-state index contributed by atoms with van der Waals surface area (Å²) in [6, 6.07) is 0. The summed E-state index contributed by atoms with van der Waals surface area (Å²) in [6.07, 6.45) is 0. The van der Waals surface area contributed by atoms with Crippen LogP contribution in [0.25, 0.3) is 0 Å². The molecule has 14 heavy (non-hydrogen) atoms. The zero-order valence-electron chi connectivity index (χ0n) is 7.95. The number of ether oxygens (including phenoxy) is 1. The fourth-order valence-electron chi connectivity index (χ4n) is 1.08. The highest BCUT2D eigenvalue weighted by atomic mass is 127. The minimum atomic E-state index is -0.376. The van der Waals surface area contributed by atoms with Crippen molar-refractivity contribution in [2.45, 2.75) is 20.1 Å². The Morgan fingerprint density at radius 1 is 1.71 bits per heavy atom. The van der Waals surface area contributed by atoms with Crippen molar-refractivity contribution in [3.63, 3.8) is 0 Å². The van der Waals surface area contributed by atoms with Crippen molar-refractivity contribution in [2.75, 3.05) is 7.11 Å². The second kappa shape index (κ2) is 4.74. The molecule has 0 atom stereocenters. The van der Waals surface area contributed by atoms with Crippen molar-refractivity contribution < 1.29 is 14.6 Å². The highest BCUT2D eigenvalue weighted by Crippen LogP contribution is 2.16. The Hall–Kier alpha value is -0.630. The molecule has 1 aromatic rings. The van der Waals surface area contributed by atoms with Crippen LogP contribution in [0.4, 0.5) is 0 Å². The van der Waals surface area contributed by atoms with Gasteiger partial charge in [-0.1, -0.05) is 0 Å². The number of halogens is 1. The second-order valence-electron chi connectivity index (χ2n) is 2.74. The summed E-state index contributed by atoms with van der Waals surface area (Å²) in [6.45, 7) is 1.74. The third kappa shape index (κ3) is 2.24. The van der Waals surface area contributed by atoms with Gasteiger partial charge in [0.15, 0.2) is 0 Å². The summed E-state index contributed by atoms with van der Waals surface area (Å²) in [5.41, 5.74) is 1.45. The minimum Gasteiger partial charge on any atom is -0.468 e. The lowest BCUT2D eigenvalue weighted by molar-refractivity contribution is -0.141. The van der Waals surface area contributed by atoms with Gasteiger partial charge in [0.25, 0.3) is 0 Å². The van der Waals surface area contributed by atoms with Gasteiger partial charge in [0.2, 0.25) is 0 Å². The van der Waals surface area contributed by atoms with Crippen LogP contribution in [0.2, 0.25) is 0 Å². The molecule has 0 saturated carbocycles. The van der Waals surface area contributed by atoms with Gasteiger partial charge < -0.3 is 9.84 Å². The fourth-order valence-corrected chi connectivity index (χ4v) is 1.63. The minimum absolute atomic E-state index is 0.0379. The molecule has 0 fully saturated rings. The number of hydrogen-bond acceptors (Lipinski definition) is 4. The summed E-state index contributed by atoms with van der Waals surface area (Å²) >= 11 is 2.09. The first-order valence-electron chi connectivity index (χ1n) is 3.99. The fraction of sp³-hybridized carbons (Fsp3) is 0.500. The van der Waals surface area contributed by atoms with Gasteiger partial charge in [0, 0.05) is 0 Å². The Bertz CT molecular complexity index is 349. The summed E-state index contributed by atoms with van der Waals surface area (Å²) in [5.74, 6) is -0.376. The number of aromatic nitrogens is 2. The number of carbonyl (C=O) groups excluding carboxylic acids is 1. The maximum Gasteiger partial charge on any atom is 0.327 e. The van der Waals surface area contributed by atoms with Crippen molar-refractivity contribution in [1.29, 1.82) is 0 Å². The molecule has 1 heterocycles. The van der Waals surface area contributed by atoms with E-state index in [1.165, 1.54) is 11.8 Å². The van der Waals surface area contributed by atoms with Crippen molar-refractivity contribution in [3.8, 4) is 0 Å². The molecule has 0 aromatic carbocycles. The van der Waals surface area contributed by atoms with E-state index in [0.29, 0.717) is 5.69 Å². The molecular weight excluding hydrogens is 299 g/mol. The van der Waals surface area contributed by atoms with Crippen LogP contribution in [-0.4, -0.2) is 28.0 Å². The van der Waals surface area contributed by atoms with Crippen LogP contribution in [-0.2, 0) is 22.7 Å². The number of carbonyl (C=O) groups is 1. The van der Waals surface area contributed by atoms with Crippen molar-refractivity contribution in [1.82, 2.24) is 9.78 Å². The van der Waals surface area contributed by atoms with E-state index in [1.807, 2.05) is 6.92 Å². The maximum atomic E-state index is 11.0. The van der Waals surface area contributed by atoms with Crippen LogP contribution in [0.3, 0.4) is 0 Å². The lowest BCUT2D eigenvalue weighted by Crippen LogP contribution is -2.15. The van der Waals surface area contributed by atoms with E-state index in [-0.39, 0.29) is 19.1 Å². The van der Waals surface area contributed by atoms with Crippen molar-refractivity contribution in [3.05, 3.63) is 15.0 Å². The monoisotopic (exact) mass is 310 g/mol. The van der Waals surface area contributed by atoms with Crippen molar-refractivity contribution in [2.24, 2.45) is 0 Å². The van der Waals surface area contributed by atoms with Gasteiger partial charge >= 0.3 is 5.97 Å². The number of methoxy groups -OCH3 is 1. The molecule has 0 unspecified atom stereocenters. The normalized spacial score (nSPS) is 10.3. The lowest BCUT2D eigenvalue weighted by atomic mass is 10.4. The van der Waals surface area contributed by atoms with Gasteiger partial charge in [-0.15, -0.1) is 0 Å². The zero-order valence-corrected chi connectivity index (χ0v) is 10.1. The van der Waals surface area contributed by atoms with Crippen LogP contribution in [0.1, 0.15) is 11.4 Å². The molecule has 0 aliphatic heterocycles. The van der Waals surface area contributed by atoms with Gasteiger partial charge in [-0.2, -0.15) is 5.10 Å². The quantitative estimate of drug-likeness (QED) is 0.651. The topological polar surface area (TPSA) is 64.4 Å². The number of aliphatic hydroxyl groups excluding tert-OH is 1. The van der Waals surface area contributed by atoms with E-state index >= 15 is 0 Å². The molecule has 6 heteroatoms. The highest BCUT2D eigenvalue weighted by molar-refractivity contribution is 14.1. The Morgan fingerprint density at radius 3 is 2.86 bits per heavy atom. The molecule has 78 valence electrons. The average molecular weight is 310 g/mol. The summed E-state index contributed by atoms with van der Waals surface area (Å²) in [4.78, 5) is 11.0. The zero-order chi connectivity index (χ0) is 10.7. The molecule has 5 nitrogen and oxygen atoms in total. The highest BCUT2D eigenvalue weighted by Gasteiger charge is 2.14. The average Bonchev–Trinajstić information content (AvgIpc) is 2.42. The van der Waals surface area contributed by atoms with Crippen LogP contribution in [0.5, 0.6) is 0 Å². The molecular formula is C8H11IN2O3. The Balaban J connectivity index is 2.96. The molecule has 0 saturated heterocycles. The summed E-state index contributed by atoms with van der Waals surface area (Å²) in [5, 5.41) is 13.2. The summed E-state index contributed by atoms with van der Waals surface area (Å²) in [7, 11) is 1.32. The number of esters is 1. The smallest absolute Gasteiger partial charge is 0.327 e. The second-order valence-corrected chi connectivity index (χ2v) is 3.82. The number of rotatable bonds is 3. The number of aliphatic hydroxyl groups is 1. The number of aryl methyl sites for hydroxylation is 1. The molecule has 1 aromatic heterocycles. The first-order chi connectivity index (χ1) is 6.60. The molecule has 0 spiro atoms. The first kappa shape index (κ1) is 11.4. The van der Waals surface area contributed by atoms with Crippen molar-refractivity contribution >= 4 is 28.6 Å². The lowest BCUT2D eigenvalue weighted by Gasteiger charge is -2.03. The predicted molar refractivity (Wildman–Crippen MR) is 57.6 cm³/mol. The van der Waals surface area contributed by atoms with Gasteiger partial charge in [-0.3, -0.25) is 9.48 Å². The Kier molecular flexibility index (Phi) is 3.87. The largest absolute Gasteiger partial charge is 0.468 e. The molecule has 0 amide bonds. The van der Waals surface area contributed by atoms with E-state index in [2.05, 4.69) is 32.4 Å². The SMILES string of the molecule is COC(=O)Cn1nc(C)c(I)c1CO. The van der Waals surface area contributed by atoms with E-state index < -0.39 is 0 Å². The van der Waals surface area contributed by atoms with Gasteiger partial charge in [-0.05, 0) is 29.5 Å². The van der Waals surface area contributed by atoms with Crippen LogP contribution in [0, 0.1) is 10.5 Å². The van der Waals surface area contributed by atoms with Gasteiger partial charge in [0.05, 0.1) is 28.7 Å². The Morgan fingerprint density at radius 2 is 2.36 bits per heavy atom. The van der Waals surface area contributed by atoms with Crippen LogP contribution < -0.4 is 0 Å². The molecule has 1 N–H and O–H groups in total. The van der Waals surface area contributed by atoms with E-state index in [4.69, 9.17) is 5.11 Å². The van der Waals surface area contributed by atoms with Gasteiger partial charge in [-0.25, -0.2) is 0 Å². The third-order valence-electron chi connectivity index (χ3n) is 1.81.